The molecule has 0 bridgehead atoms. The van der Waals surface area contributed by atoms with Gasteiger partial charge in [-0.25, -0.2) is 9.59 Å². The number of nitrogens with zero attached hydrogens (tertiary/aromatic N) is 2. The monoisotopic (exact) mass is 296 g/mol. The summed E-state index contributed by atoms with van der Waals surface area (Å²) < 4.78 is 0. The summed E-state index contributed by atoms with van der Waals surface area (Å²) in [5, 5.41) is 9.56. The lowest BCUT2D eigenvalue weighted by Crippen LogP contribution is -2.59. The maximum atomic E-state index is 12.8. The maximum Gasteiger partial charge on any atom is 0.327 e. The van der Waals surface area contributed by atoms with Crippen LogP contribution >= 0.6 is 0 Å². The summed E-state index contributed by atoms with van der Waals surface area (Å²) in [6.07, 6.45) is 2.75. The molecule has 0 radical (unpaired) electrons. The molecule has 2 aliphatic heterocycles. The van der Waals surface area contributed by atoms with Crippen molar-refractivity contribution in [3.05, 3.63) is 0 Å². The van der Waals surface area contributed by atoms with Crippen molar-refractivity contribution in [1.82, 2.24) is 9.80 Å². The SMILES string of the molecule is CC(C)C1CCN(C(=O)N2CCCC(C)(C)C2C(=O)O)C1. The third-order valence-corrected chi connectivity index (χ3v) is 5.19. The standard InChI is InChI=1S/C16H28N2O3/c1-11(2)12-6-9-17(10-12)15(21)18-8-5-7-16(3,4)13(18)14(19)20/h11-13H,5-10H2,1-4H3,(H,19,20). The smallest absolute Gasteiger partial charge is 0.327 e. The highest BCUT2D eigenvalue weighted by molar-refractivity contribution is 5.83. The summed E-state index contributed by atoms with van der Waals surface area (Å²) in [6, 6.07) is -0.796. The number of urea groups is 1. The summed E-state index contributed by atoms with van der Waals surface area (Å²) in [7, 11) is 0. The van der Waals surface area contributed by atoms with E-state index in [4.69, 9.17) is 0 Å². The number of piperidine rings is 1. The minimum atomic E-state index is -0.882. The molecule has 1 N–H and O–H groups in total. The zero-order valence-corrected chi connectivity index (χ0v) is 13.6. The summed E-state index contributed by atoms with van der Waals surface area (Å²) in [5.41, 5.74) is -0.364. The molecule has 0 aliphatic carbocycles. The second kappa shape index (κ2) is 5.85. The molecule has 0 aromatic rings. The molecule has 2 rings (SSSR count). The molecule has 0 aromatic carbocycles. The molecule has 0 spiro atoms. The second-order valence-corrected chi connectivity index (χ2v) is 7.55. The normalized spacial score (nSPS) is 29.0. The molecule has 2 saturated heterocycles. The molecule has 2 atom stereocenters. The predicted molar refractivity (Wildman–Crippen MR) is 81.1 cm³/mol. The van der Waals surface area contributed by atoms with Crippen molar-refractivity contribution in [3.8, 4) is 0 Å². The van der Waals surface area contributed by atoms with E-state index in [-0.39, 0.29) is 11.4 Å². The first-order valence-corrected chi connectivity index (χ1v) is 8.02. The molecule has 0 aromatic heterocycles. The third kappa shape index (κ3) is 3.16. The van der Waals surface area contributed by atoms with Crippen molar-refractivity contribution >= 4 is 12.0 Å². The summed E-state index contributed by atoms with van der Waals surface area (Å²) in [4.78, 5) is 27.9. The Morgan fingerprint density at radius 1 is 1.24 bits per heavy atom. The highest BCUT2D eigenvalue weighted by Crippen LogP contribution is 2.36. The first-order valence-electron chi connectivity index (χ1n) is 8.02. The Hall–Kier alpha value is -1.26. The molecular formula is C16H28N2O3. The average Bonchev–Trinajstić information content (AvgIpc) is 2.85. The number of amides is 2. The van der Waals surface area contributed by atoms with Gasteiger partial charge in [-0.3, -0.25) is 0 Å². The number of likely N-dealkylation sites (tertiary alicyclic amines) is 2. The Labute approximate surface area is 127 Å². The molecule has 2 amide bonds. The van der Waals surface area contributed by atoms with Crippen LogP contribution in [0, 0.1) is 17.3 Å². The van der Waals surface area contributed by atoms with E-state index in [9.17, 15) is 14.7 Å². The van der Waals surface area contributed by atoms with Crippen LogP contribution in [0.3, 0.4) is 0 Å². The molecule has 5 nitrogen and oxygen atoms in total. The number of rotatable bonds is 2. The van der Waals surface area contributed by atoms with Gasteiger partial charge >= 0.3 is 12.0 Å². The molecule has 2 aliphatic rings. The van der Waals surface area contributed by atoms with Gasteiger partial charge in [0.15, 0.2) is 0 Å². The number of carboxylic acids is 1. The number of aliphatic carboxylic acids is 1. The molecule has 2 unspecified atom stereocenters. The number of hydrogen-bond donors (Lipinski definition) is 1. The molecule has 2 heterocycles. The van der Waals surface area contributed by atoms with Crippen LogP contribution in [0.5, 0.6) is 0 Å². The third-order valence-electron chi connectivity index (χ3n) is 5.19. The Kier molecular flexibility index (Phi) is 4.49. The highest BCUT2D eigenvalue weighted by atomic mass is 16.4. The molecule has 120 valence electrons. The quantitative estimate of drug-likeness (QED) is 0.852. The van der Waals surface area contributed by atoms with E-state index in [1.165, 1.54) is 0 Å². The zero-order valence-electron chi connectivity index (χ0n) is 13.6. The molecule has 21 heavy (non-hydrogen) atoms. The average molecular weight is 296 g/mol. The Morgan fingerprint density at radius 2 is 1.90 bits per heavy atom. The van der Waals surface area contributed by atoms with Crippen LogP contribution in [0.25, 0.3) is 0 Å². The first kappa shape index (κ1) is 16.1. The van der Waals surface area contributed by atoms with Crippen LogP contribution in [0.2, 0.25) is 0 Å². The Morgan fingerprint density at radius 3 is 2.43 bits per heavy atom. The van der Waals surface area contributed by atoms with Crippen molar-refractivity contribution in [2.75, 3.05) is 19.6 Å². The van der Waals surface area contributed by atoms with Crippen molar-refractivity contribution < 1.29 is 14.7 Å². The predicted octanol–water partition coefficient (Wildman–Crippen LogP) is 2.66. The topological polar surface area (TPSA) is 60.9 Å². The van der Waals surface area contributed by atoms with Gasteiger partial charge in [0, 0.05) is 19.6 Å². The van der Waals surface area contributed by atoms with E-state index in [2.05, 4.69) is 13.8 Å². The van der Waals surface area contributed by atoms with Gasteiger partial charge in [-0.15, -0.1) is 0 Å². The van der Waals surface area contributed by atoms with Gasteiger partial charge in [0.25, 0.3) is 0 Å². The van der Waals surface area contributed by atoms with E-state index in [1.807, 2.05) is 18.7 Å². The van der Waals surface area contributed by atoms with Crippen molar-refractivity contribution in [2.45, 2.75) is 53.0 Å². The fourth-order valence-electron chi connectivity index (χ4n) is 3.75. The van der Waals surface area contributed by atoms with Gasteiger partial charge in [-0.2, -0.15) is 0 Å². The zero-order chi connectivity index (χ0) is 15.8. The first-order chi connectivity index (χ1) is 9.74. The fraction of sp³-hybridized carbons (Fsp3) is 0.875. The minimum absolute atomic E-state index is 0.0849. The van der Waals surface area contributed by atoms with Gasteiger partial charge < -0.3 is 14.9 Å². The minimum Gasteiger partial charge on any atom is -0.480 e. The number of carboxylic acid groups (broad SMARTS) is 1. The number of hydrogen-bond acceptors (Lipinski definition) is 2. The number of carbonyl (C=O) groups is 2. The van der Waals surface area contributed by atoms with Crippen LogP contribution in [0.4, 0.5) is 4.79 Å². The van der Waals surface area contributed by atoms with Crippen molar-refractivity contribution in [3.63, 3.8) is 0 Å². The lowest BCUT2D eigenvalue weighted by Gasteiger charge is -2.45. The van der Waals surface area contributed by atoms with Gasteiger partial charge in [0.1, 0.15) is 6.04 Å². The molecular weight excluding hydrogens is 268 g/mol. The molecule has 2 fully saturated rings. The molecule has 5 heteroatoms. The van der Waals surface area contributed by atoms with E-state index in [1.54, 1.807) is 4.90 Å². The fourth-order valence-corrected chi connectivity index (χ4v) is 3.75. The van der Waals surface area contributed by atoms with Gasteiger partial charge in [-0.1, -0.05) is 27.7 Å². The lowest BCUT2D eigenvalue weighted by molar-refractivity contribution is -0.148. The van der Waals surface area contributed by atoms with Crippen LogP contribution in [-0.4, -0.2) is 52.6 Å². The Balaban J connectivity index is 2.12. The summed E-state index contributed by atoms with van der Waals surface area (Å²) in [6.45, 7) is 10.3. The molecule has 0 saturated carbocycles. The van der Waals surface area contributed by atoms with E-state index >= 15 is 0 Å². The summed E-state index contributed by atoms with van der Waals surface area (Å²) in [5.74, 6) is 0.221. The van der Waals surface area contributed by atoms with Crippen LogP contribution < -0.4 is 0 Å². The number of carbonyl (C=O) groups excluding carboxylic acids is 1. The van der Waals surface area contributed by atoms with Crippen LogP contribution in [-0.2, 0) is 4.79 Å². The second-order valence-electron chi connectivity index (χ2n) is 7.55. The maximum absolute atomic E-state index is 12.8. The highest BCUT2D eigenvalue weighted by Gasteiger charge is 2.46. The van der Waals surface area contributed by atoms with Crippen LogP contribution in [0.1, 0.15) is 47.0 Å². The van der Waals surface area contributed by atoms with Gasteiger partial charge in [-0.05, 0) is 36.5 Å². The van der Waals surface area contributed by atoms with E-state index in [0.29, 0.717) is 18.4 Å². The largest absolute Gasteiger partial charge is 0.480 e. The van der Waals surface area contributed by atoms with Crippen molar-refractivity contribution in [1.29, 1.82) is 0 Å². The van der Waals surface area contributed by atoms with Gasteiger partial charge in [0.05, 0.1) is 0 Å². The van der Waals surface area contributed by atoms with Crippen molar-refractivity contribution in [2.24, 2.45) is 17.3 Å². The summed E-state index contributed by atoms with van der Waals surface area (Å²) >= 11 is 0. The Bertz CT molecular complexity index is 420. The van der Waals surface area contributed by atoms with Gasteiger partial charge in [0.2, 0.25) is 0 Å². The van der Waals surface area contributed by atoms with E-state index in [0.717, 1.165) is 32.4 Å². The van der Waals surface area contributed by atoms with Crippen LogP contribution in [0.15, 0.2) is 0 Å². The van der Waals surface area contributed by atoms with E-state index < -0.39 is 12.0 Å². The lowest BCUT2D eigenvalue weighted by atomic mass is 9.76.